The Kier molecular flexibility index (Phi) is 3.97. The lowest BCUT2D eigenvalue weighted by molar-refractivity contribution is 0.283. The van der Waals surface area contributed by atoms with E-state index >= 15 is 0 Å². The second-order valence-corrected chi connectivity index (χ2v) is 5.06. The lowest BCUT2D eigenvalue weighted by Crippen LogP contribution is -2.57. The van der Waals surface area contributed by atoms with E-state index in [0.29, 0.717) is 18.0 Å². The molecular weight excluding hydrogens is 196 g/mol. The van der Waals surface area contributed by atoms with Crippen LogP contribution in [0.1, 0.15) is 19.4 Å². The molecule has 1 aliphatic rings. The van der Waals surface area contributed by atoms with Crippen molar-refractivity contribution >= 4 is 0 Å². The van der Waals surface area contributed by atoms with Crippen LogP contribution >= 0.6 is 0 Å². The van der Waals surface area contributed by atoms with E-state index in [9.17, 15) is 0 Å². The summed E-state index contributed by atoms with van der Waals surface area (Å²) in [5, 5.41) is 7.26. The number of hydrogen-bond donors (Lipinski definition) is 2. The zero-order valence-corrected chi connectivity index (χ0v) is 10.2. The first-order valence-electron chi connectivity index (χ1n) is 6.26. The summed E-state index contributed by atoms with van der Waals surface area (Å²) in [5.41, 5.74) is 1.42. The standard InChI is InChI=1S/C14H22N2/c1-11(2)14-10-15-9-13(16-14)8-12-6-4-3-5-7-12/h3-7,11,13-16H,8-10H2,1-2H3. The lowest BCUT2D eigenvalue weighted by atomic mass is 9.97. The fourth-order valence-corrected chi connectivity index (χ4v) is 2.29. The highest BCUT2D eigenvalue weighted by molar-refractivity contribution is 5.16. The van der Waals surface area contributed by atoms with E-state index in [1.807, 2.05) is 0 Å². The van der Waals surface area contributed by atoms with Crippen LogP contribution in [0.3, 0.4) is 0 Å². The quantitative estimate of drug-likeness (QED) is 0.808. The molecular formula is C14H22N2. The van der Waals surface area contributed by atoms with E-state index in [2.05, 4.69) is 54.8 Å². The van der Waals surface area contributed by atoms with Gasteiger partial charge in [0.15, 0.2) is 0 Å². The third kappa shape index (κ3) is 3.06. The van der Waals surface area contributed by atoms with E-state index < -0.39 is 0 Å². The molecule has 1 aliphatic heterocycles. The van der Waals surface area contributed by atoms with Crippen molar-refractivity contribution in [3.8, 4) is 0 Å². The summed E-state index contributed by atoms with van der Waals surface area (Å²) in [4.78, 5) is 0. The molecule has 0 spiro atoms. The summed E-state index contributed by atoms with van der Waals surface area (Å²) in [6.07, 6.45) is 1.12. The van der Waals surface area contributed by atoms with Crippen LogP contribution < -0.4 is 10.6 Å². The van der Waals surface area contributed by atoms with Gasteiger partial charge >= 0.3 is 0 Å². The Morgan fingerprint density at radius 1 is 1.19 bits per heavy atom. The van der Waals surface area contributed by atoms with Crippen LogP contribution in [-0.4, -0.2) is 25.2 Å². The Bertz CT molecular complexity index is 308. The van der Waals surface area contributed by atoms with Crippen LogP contribution in [0.15, 0.2) is 30.3 Å². The van der Waals surface area contributed by atoms with Gasteiger partial charge in [-0.2, -0.15) is 0 Å². The van der Waals surface area contributed by atoms with Gasteiger partial charge in [0.2, 0.25) is 0 Å². The van der Waals surface area contributed by atoms with Gasteiger partial charge in [-0.1, -0.05) is 44.2 Å². The SMILES string of the molecule is CC(C)C1CNCC(Cc2ccccc2)N1. The average molecular weight is 218 g/mol. The van der Waals surface area contributed by atoms with E-state index in [1.54, 1.807) is 0 Å². The predicted octanol–water partition coefficient (Wildman–Crippen LogP) is 1.82. The van der Waals surface area contributed by atoms with E-state index in [-0.39, 0.29) is 0 Å². The molecule has 0 radical (unpaired) electrons. The van der Waals surface area contributed by atoms with Crippen molar-refractivity contribution in [3.63, 3.8) is 0 Å². The maximum Gasteiger partial charge on any atom is 0.0236 e. The second-order valence-electron chi connectivity index (χ2n) is 5.06. The molecule has 1 saturated heterocycles. The van der Waals surface area contributed by atoms with Gasteiger partial charge in [0.1, 0.15) is 0 Å². The Morgan fingerprint density at radius 2 is 1.94 bits per heavy atom. The van der Waals surface area contributed by atoms with Crippen molar-refractivity contribution < 1.29 is 0 Å². The van der Waals surface area contributed by atoms with Crippen molar-refractivity contribution in [1.82, 2.24) is 10.6 Å². The highest BCUT2D eigenvalue weighted by Crippen LogP contribution is 2.09. The molecule has 0 aliphatic carbocycles. The lowest BCUT2D eigenvalue weighted by Gasteiger charge is -2.34. The monoisotopic (exact) mass is 218 g/mol. The Morgan fingerprint density at radius 3 is 2.62 bits per heavy atom. The van der Waals surface area contributed by atoms with Crippen LogP contribution in [0.5, 0.6) is 0 Å². The van der Waals surface area contributed by atoms with Crippen molar-refractivity contribution in [2.75, 3.05) is 13.1 Å². The Balaban J connectivity index is 1.90. The molecule has 2 heteroatoms. The molecule has 1 heterocycles. The molecule has 2 N–H and O–H groups in total. The third-order valence-corrected chi connectivity index (χ3v) is 3.33. The number of hydrogen-bond acceptors (Lipinski definition) is 2. The van der Waals surface area contributed by atoms with Crippen LogP contribution in [0.25, 0.3) is 0 Å². The number of benzene rings is 1. The van der Waals surface area contributed by atoms with Crippen LogP contribution in [0.4, 0.5) is 0 Å². The molecule has 1 aromatic carbocycles. The molecule has 0 saturated carbocycles. The normalized spacial score (nSPS) is 25.9. The van der Waals surface area contributed by atoms with Gasteiger partial charge in [0.05, 0.1) is 0 Å². The first kappa shape index (κ1) is 11.6. The van der Waals surface area contributed by atoms with Gasteiger partial charge in [0, 0.05) is 25.2 Å². The average Bonchev–Trinajstić information content (AvgIpc) is 2.30. The van der Waals surface area contributed by atoms with Gasteiger partial charge in [-0.25, -0.2) is 0 Å². The first-order chi connectivity index (χ1) is 7.75. The molecule has 2 atom stereocenters. The molecule has 0 bridgehead atoms. The van der Waals surface area contributed by atoms with Crippen molar-refractivity contribution in [2.45, 2.75) is 32.4 Å². The zero-order valence-electron chi connectivity index (χ0n) is 10.2. The molecule has 1 aromatic rings. The zero-order chi connectivity index (χ0) is 11.4. The van der Waals surface area contributed by atoms with Crippen molar-refractivity contribution in [3.05, 3.63) is 35.9 Å². The molecule has 88 valence electrons. The van der Waals surface area contributed by atoms with Crippen molar-refractivity contribution in [1.29, 1.82) is 0 Å². The first-order valence-corrected chi connectivity index (χ1v) is 6.26. The van der Waals surface area contributed by atoms with Gasteiger partial charge < -0.3 is 10.6 Å². The fourth-order valence-electron chi connectivity index (χ4n) is 2.29. The summed E-state index contributed by atoms with van der Waals surface area (Å²) < 4.78 is 0. The molecule has 2 unspecified atom stereocenters. The minimum atomic E-state index is 0.573. The summed E-state index contributed by atoms with van der Waals surface area (Å²) in [5.74, 6) is 0.700. The summed E-state index contributed by atoms with van der Waals surface area (Å²) >= 11 is 0. The molecule has 2 nitrogen and oxygen atoms in total. The third-order valence-electron chi connectivity index (χ3n) is 3.33. The fraction of sp³-hybridized carbons (Fsp3) is 0.571. The number of rotatable bonds is 3. The maximum absolute atomic E-state index is 3.74. The van der Waals surface area contributed by atoms with Gasteiger partial charge in [-0.3, -0.25) is 0 Å². The molecule has 16 heavy (non-hydrogen) atoms. The highest BCUT2D eigenvalue weighted by atomic mass is 15.1. The van der Waals surface area contributed by atoms with Crippen LogP contribution in [0.2, 0.25) is 0 Å². The second kappa shape index (κ2) is 5.46. The topological polar surface area (TPSA) is 24.1 Å². The molecule has 2 rings (SSSR count). The molecule has 0 aromatic heterocycles. The Labute approximate surface area is 98.4 Å². The Hall–Kier alpha value is -0.860. The maximum atomic E-state index is 3.74. The minimum Gasteiger partial charge on any atom is -0.314 e. The van der Waals surface area contributed by atoms with Gasteiger partial charge in [-0.15, -0.1) is 0 Å². The highest BCUT2D eigenvalue weighted by Gasteiger charge is 2.22. The molecule has 0 amide bonds. The summed E-state index contributed by atoms with van der Waals surface area (Å²) in [6.45, 7) is 6.75. The van der Waals surface area contributed by atoms with Gasteiger partial charge in [0.25, 0.3) is 0 Å². The van der Waals surface area contributed by atoms with Gasteiger partial charge in [-0.05, 0) is 17.9 Å². The number of nitrogens with one attached hydrogen (secondary N) is 2. The summed E-state index contributed by atoms with van der Waals surface area (Å²) in [6, 6.07) is 11.9. The predicted molar refractivity (Wildman–Crippen MR) is 68.6 cm³/mol. The molecule has 1 fully saturated rings. The van der Waals surface area contributed by atoms with Crippen molar-refractivity contribution in [2.24, 2.45) is 5.92 Å². The number of piperazine rings is 1. The van der Waals surface area contributed by atoms with Crippen LogP contribution in [0, 0.1) is 5.92 Å². The van der Waals surface area contributed by atoms with E-state index in [4.69, 9.17) is 0 Å². The van der Waals surface area contributed by atoms with E-state index in [1.165, 1.54) is 5.56 Å². The smallest absolute Gasteiger partial charge is 0.0236 e. The minimum absolute atomic E-state index is 0.573. The largest absolute Gasteiger partial charge is 0.314 e. The van der Waals surface area contributed by atoms with Crippen LogP contribution in [-0.2, 0) is 6.42 Å². The van der Waals surface area contributed by atoms with E-state index in [0.717, 1.165) is 19.5 Å². The summed E-state index contributed by atoms with van der Waals surface area (Å²) in [7, 11) is 0.